The number of aryl methyl sites for hydroxylation is 1. The summed E-state index contributed by atoms with van der Waals surface area (Å²) in [5.41, 5.74) is -4.45. The van der Waals surface area contributed by atoms with Crippen LogP contribution in [0, 0.1) is 0 Å². The van der Waals surface area contributed by atoms with Crippen LogP contribution in [-0.2, 0) is 21.7 Å². The molecular formula is C26H30F4N2O3P2. The van der Waals surface area contributed by atoms with Gasteiger partial charge in [-0.25, -0.2) is 0 Å². The van der Waals surface area contributed by atoms with E-state index >= 15 is 0 Å². The molecule has 5 nitrogen and oxygen atoms in total. The van der Waals surface area contributed by atoms with E-state index in [2.05, 4.69) is 5.32 Å². The predicted molar refractivity (Wildman–Crippen MR) is 145 cm³/mol. The first-order chi connectivity index (χ1) is 17.3. The monoisotopic (exact) mass is 556 g/mol. The fourth-order valence-electron chi connectivity index (χ4n) is 4.11. The number of nitrogens with one attached hydrogen (secondary N) is 1. The largest absolute Gasteiger partial charge is 0.493 e. The van der Waals surface area contributed by atoms with E-state index in [1.807, 2.05) is 6.92 Å². The van der Waals surface area contributed by atoms with Gasteiger partial charge in [0.1, 0.15) is 5.75 Å². The number of carbonyl (C=O) groups excluding carboxylic acids is 2. The van der Waals surface area contributed by atoms with Crippen molar-refractivity contribution in [2.75, 3.05) is 23.4 Å². The number of anilines is 2. The SMILES string of the molecule is CCCN(C(=O)C(F)(F)P)c1cc(NC(=O)/C=C2\CCCOc3cc(C(F)(F)P)ccc32)ccc1CC. The number of ether oxygens (including phenoxy) is 1. The van der Waals surface area contributed by atoms with Crippen LogP contribution in [0.2, 0.25) is 0 Å². The van der Waals surface area contributed by atoms with E-state index in [1.54, 1.807) is 19.1 Å². The summed E-state index contributed by atoms with van der Waals surface area (Å²) in [7, 11) is 2.77. The highest BCUT2D eigenvalue weighted by Crippen LogP contribution is 2.40. The molecule has 2 atom stereocenters. The van der Waals surface area contributed by atoms with Crippen LogP contribution >= 0.6 is 18.5 Å². The van der Waals surface area contributed by atoms with Crippen molar-refractivity contribution in [3.05, 3.63) is 59.2 Å². The highest BCUT2D eigenvalue weighted by Gasteiger charge is 2.38. The molecule has 200 valence electrons. The fraction of sp³-hybridized carbons (Fsp3) is 0.385. The number of rotatable bonds is 8. The molecule has 1 heterocycles. The van der Waals surface area contributed by atoms with Gasteiger partial charge in [-0.2, -0.15) is 17.6 Å². The molecule has 0 aliphatic carbocycles. The molecular weight excluding hydrogens is 526 g/mol. The third-order valence-corrected chi connectivity index (χ3v) is 6.45. The zero-order valence-electron chi connectivity index (χ0n) is 20.6. The number of halogens is 4. The molecule has 11 heteroatoms. The Morgan fingerprint density at radius 2 is 1.84 bits per heavy atom. The third-order valence-electron chi connectivity index (χ3n) is 5.87. The maximum atomic E-state index is 13.9. The summed E-state index contributed by atoms with van der Waals surface area (Å²) in [6.07, 6.45) is 3.43. The molecule has 1 aliphatic rings. The lowest BCUT2D eigenvalue weighted by Crippen LogP contribution is -2.41. The normalized spacial score (nSPS) is 15.0. The maximum Gasteiger partial charge on any atom is 0.335 e. The lowest BCUT2D eigenvalue weighted by Gasteiger charge is -2.27. The second-order valence-electron chi connectivity index (χ2n) is 8.72. The summed E-state index contributed by atoms with van der Waals surface area (Å²) < 4.78 is 60.9. The molecule has 0 spiro atoms. The van der Waals surface area contributed by atoms with Crippen molar-refractivity contribution in [3.63, 3.8) is 0 Å². The van der Waals surface area contributed by atoms with E-state index in [1.165, 1.54) is 48.8 Å². The number of hydrogen-bond acceptors (Lipinski definition) is 3. The quantitative estimate of drug-likeness (QED) is 0.227. The van der Waals surface area contributed by atoms with Crippen molar-refractivity contribution >= 4 is 47.2 Å². The Balaban J connectivity index is 1.91. The van der Waals surface area contributed by atoms with Crippen LogP contribution in [0.25, 0.3) is 5.57 Å². The molecule has 2 amide bonds. The molecule has 3 rings (SSSR count). The van der Waals surface area contributed by atoms with E-state index in [0.29, 0.717) is 60.4 Å². The zero-order chi connectivity index (χ0) is 27.4. The van der Waals surface area contributed by atoms with Crippen LogP contribution in [-0.4, -0.2) is 30.6 Å². The van der Waals surface area contributed by atoms with Crippen LogP contribution in [0.5, 0.6) is 5.75 Å². The summed E-state index contributed by atoms with van der Waals surface area (Å²) >= 11 is 0. The Bertz CT molecular complexity index is 1190. The number of benzene rings is 2. The van der Waals surface area contributed by atoms with Gasteiger partial charge in [0.25, 0.3) is 5.66 Å². The van der Waals surface area contributed by atoms with Gasteiger partial charge >= 0.3 is 11.6 Å². The summed E-state index contributed by atoms with van der Waals surface area (Å²) in [4.78, 5) is 26.4. The Labute approximate surface area is 218 Å². The highest BCUT2D eigenvalue weighted by atomic mass is 31.0. The molecule has 0 radical (unpaired) electrons. The average molecular weight is 556 g/mol. The zero-order valence-corrected chi connectivity index (χ0v) is 22.9. The first-order valence-corrected chi connectivity index (χ1v) is 13.1. The Morgan fingerprint density at radius 3 is 2.46 bits per heavy atom. The smallest absolute Gasteiger partial charge is 0.335 e. The first-order valence-electron chi connectivity index (χ1n) is 11.9. The minimum Gasteiger partial charge on any atom is -0.493 e. The maximum absolute atomic E-state index is 13.9. The lowest BCUT2D eigenvalue weighted by molar-refractivity contribution is -0.132. The molecule has 0 saturated carbocycles. The molecule has 37 heavy (non-hydrogen) atoms. The topological polar surface area (TPSA) is 58.6 Å². The molecule has 0 fully saturated rings. The number of carbonyl (C=O) groups is 2. The van der Waals surface area contributed by atoms with Gasteiger partial charge in [0.05, 0.1) is 6.61 Å². The van der Waals surface area contributed by atoms with Gasteiger partial charge < -0.3 is 15.0 Å². The second kappa shape index (κ2) is 11.9. The summed E-state index contributed by atoms with van der Waals surface area (Å²) in [5.74, 6) is -1.55. The molecule has 0 aromatic heterocycles. The summed E-state index contributed by atoms with van der Waals surface area (Å²) in [6, 6.07) is 8.92. The van der Waals surface area contributed by atoms with Gasteiger partial charge in [-0.15, -0.1) is 0 Å². The third kappa shape index (κ3) is 7.30. The van der Waals surface area contributed by atoms with Crippen molar-refractivity contribution < 1.29 is 31.9 Å². The fourth-order valence-corrected chi connectivity index (χ4v) is 4.44. The van der Waals surface area contributed by atoms with Crippen molar-refractivity contribution in [1.82, 2.24) is 0 Å². The van der Waals surface area contributed by atoms with Crippen LogP contribution in [0.15, 0.2) is 42.5 Å². The van der Waals surface area contributed by atoms with Crippen LogP contribution in [0.1, 0.15) is 49.8 Å². The number of nitrogens with zero attached hydrogens (tertiary/aromatic N) is 1. The summed E-state index contributed by atoms with van der Waals surface area (Å²) in [5, 5.41) is 2.73. The minimum absolute atomic E-state index is 0.0886. The van der Waals surface area contributed by atoms with Crippen molar-refractivity contribution in [2.24, 2.45) is 0 Å². The van der Waals surface area contributed by atoms with Crippen molar-refractivity contribution in [3.8, 4) is 5.75 Å². The first kappa shape index (κ1) is 29.1. The standard InChI is InChI=1S/C26H30F4N2O3P2/c1-3-11-32(24(34)26(29,30)37)21-15-19(9-7-16(21)4-2)31-23(33)13-17-6-5-12-35-22-14-18(25(27,28)36)8-10-20(17)22/h7-10,13-15H,3-6,11-12,36-37H2,1-2H3,(H,31,33)/b17-13+. The molecule has 2 aromatic rings. The van der Waals surface area contributed by atoms with Crippen molar-refractivity contribution in [2.45, 2.75) is 50.9 Å². The number of amides is 2. The van der Waals surface area contributed by atoms with Gasteiger partial charge in [0.15, 0.2) is 0 Å². The molecule has 2 aromatic carbocycles. The number of alkyl halides is 4. The van der Waals surface area contributed by atoms with Crippen LogP contribution in [0.4, 0.5) is 28.9 Å². The van der Waals surface area contributed by atoms with E-state index in [0.717, 1.165) is 4.90 Å². The van der Waals surface area contributed by atoms with Gasteiger partial charge in [0.2, 0.25) is 5.91 Å². The minimum atomic E-state index is -3.63. The Morgan fingerprint density at radius 1 is 1.11 bits per heavy atom. The predicted octanol–water partition coefficient (Wildman–Crippen LogP) is 6.58. The molecule has 1 N–H and O–H groups in total. The van der Waals surface area contributed by atoms with Crippen LogP contribution < -0.4 is 15.0 Å². The Hall–Kier alpha value is -2.50. The number of fused-ring (bicyclic) bond motifs is 1. The van der Waals surface area contributed by atoms with Gasteiger partial charge in [-0.05, 0) is 55.0 Å². The average Bonchev–Trinajstić information content (AvgIpc) is 3.02. The van der Waals surface area contributed by atoms with Gasteiger partial charge in [-0.1, -0.05) is 50.5 Å². The molecule has 0 saturated heterocycles. The van der Waals surface area contributed by atoms with Crippen LogP contribution in [0.3, 0.4) is 0 Å². The van der Waals surface area contributed by atoms with Crippen molar-refractivity contribution in [1.29, 1.82) is 0 Å². The van der Waals surface area contributed by atoms with Gasteiger partial charge in [-0.3, -0.25) is 9.59 Å². The van der Waals surface area contributed by atoms with E-state index < -0.39 is 23.1 Å². The van der Waals surface area contributed by atoms with E-state index in [-0.39, 0.29) is 17.9 Å². The number of allylic oxidation sites excluding steroid dienone is 1. The summed E-state index contributed by atoms with van der Waals surface area (Å²) in [6.45, 7) is 4.04. The lowest BCUT2D eigenvalue weighted by atomic mass is 9.99. The van der Waals surface area contributed by atoms with Gasteiger partial charge in [0, 0.05) is 35.1 Å². The molecule has 0 bridgehead atoms. The second-order valence-corrected chi connectivity index (χ2v) is 10.2. The molecule has 2 unspecified atom stereocenters. The van der Waals surface area contributed by atoms with E-state index in [9.17, 15) is 27.2 Å². The highest BCUT2D eigenvalue weighted by molar-refractivity contribution is 7.20. The van der Waals surface area contributed by atoms with E-state index in [4.69, 9.17) is 4.74 Å². The Kier molecular flexibility index (Phi) is 9.36. The molecule has 1 aliphatic heterocycles. The number of hydrogen-bond donors (Lipinski definition) is 1.